The van der Waals surface area contributed by atoms with Crippen molar-refractivity contribution in [3.05, 3.63) is 71.0 Å². The van der Waals surface area contributed by atoms with Crippen LogP contribution in [0.25, 0.3) is 6.08 Å². The highest BCUT2D eigenvalue weighted by Gasteiger charge is 2.20. The molecule has 0 N–H and O–H groups in total. The summed E-state index contributed by atoms with van der Waals surface area (Å²) in [5.74, 6) is 0.634. The van der Waals surface area contributed by atoms with E-state index in [1.165, 1.54) is 23.3 Å². The molecule has 1 saturated heterocycles. The summed E-state index contributed by atoms with van der Waals surface area (Å²) in [5.41, 5.74) is 3.02. The smallest absolute Gasteiger partial charge is 0.246 e. The normalized spacial score (nSPS) is 17.1. The number of hydrogen-bond acceptors (Lipinski definition) is 3. The zero-order chi connectivity index (χ0) is 18.6. The molecule has 2 aromatic carbocycles. The van der Waals surface area contributed by atoms with Crippen molar-refractivity contribution in [2.75, 3.05) is 32.8 Å². The standard InChI is InChI=1S/C22H23FN2O2/c23-20-4-2-1-3-18(20)6-8-22(26)25-12-10-24(11-13-25)16-17-5-7-21-19(15-17)9-14-27-21/h1-8,15H,9-14,16H2/b8-6+. The second-order valence-corrected chi connectivity index (χ2v) is 7.00. The number of halogens is 1. The summed E-state index contributed by atoms with van der Waals surface area (Å²) in [6.07, 6.45) is 4.00. The van der Waals surface area contributed by atoms with Crippen molar-refractivity contribution < 1.29 is 13.9 Å². The van der Waals surface area contributed by atoms with Crippen molar-refractivity contribution in [2.24, 2.45) is 0 Å². The van der Waals surface area contributed by atoms with Gasteiger partial charge in [-0.1, -0.05) is 30.3 Å². The summed E-state index contributed by atoms with van der Waals surface area (Å²) in [7, 11) is 0. The summed E-state index contributed by atoms with van der Waals surface area (Å²) >= 11 is 0. The minimum absolute atomic E-state index is 0.0624. The van der Waals surface area contributed by atoms with Crippen LogP contribution in [0.2, 0.25) is 0 Å². The van der Waals surface area contributed by atoms with Gasteiger partial charge in [0.05, 0.1) is 6.61 Å². The number of fused-ring (bicyclic) bond motifs is 1. The molecule has 0 aromatic heterocycles. The van der Waals surface area contributed by atoms with Crippen LogP contribution in [0, 0.1) is 5.82 Å². The van der Waals surface area contributed by atoms with Gasteiger partial charge in [0.25, 0.3) is 0 Å². The number of nitrogens with zero attached hydrogens (tertiary/aromatic N) is 2. The predicted octanol–water partition coefficient (Wildman–Crippen LogP) is 3.12. The van der Waals surface area contributed by atoms with Gasteiger partial charge in [-0.15, -0.1) is 0 Å². The van der Waals surface area contributed by atoms with Crippen molar-refractivity contribution in [2.45, 2.75) is 13.0 Å². The quantitative estimate of drug-likeness (QED) is 0.780. The minimum atomic E-state index is -0.314. The number of piperazine rings is 1. The van der Waals surface area contributed by atoms with Crippen LogP contribution in [-0.4, -0.2) is 48.5 Å². The molecule has 0 aliphatic carbocycles. The lowest BCUT2D eigenvalue weighted by atomic mass is 10.1. The van der Waals surface area contributed by atoms with Crippen molar-refractivity contribution in [3.8, 4) is 5.75 Å². The van der Waals surface area contributed by atoms with E-state index < -0.39 is 0 Å². The van der Waals surface area contributed by atoms with Crippen molar-refractivity contribution in [1.29, 1.82) is 0 Å². The molecule has 4 rings (SSSR count). The second kappa shape index (κ2) is 7.92. The number of ether oxygens (including phenoxy) is 1. The van der Waals surface area contributed by atoms with E-state index in [0.29, 0.717) is 18.7 Å². The fourth-order valence-corrected chi connectivity index (χ4v) is 3.60. The van der Waals surface area contributed by atoms with Crippen LogP contribution in [0.1, 0.15) is 16.7 Å². The molecule has 140 valence electrons. The molecule has 0 bridgehead atoms. The molecule has 1 fully saturated rings. The van der Waals surface area contributed by atoms with E-state index >= 15 is 0 Å². The van der Waals surface area contributed by atoms with Crippen molar-refractivity contribution >= 4 is 12.0 Å². The van der Waals surface area contributed by atoms with E-state index in [2.05, 4.69) is 23.1 Å². The predicted molar refractivity (Wildman–Crippen MR) is 103 cm³/mol. The third-order valence-electron chi connectivity index (χ3n) is 5.15. The monoisotopic (exact) mass is 366 g/mol. The molecule has 0 atom stereocenters. The van der Waals surface area contributed by atoms with Gasteiger partial charge in [0.2, 0.25) is 5.91 Å². The number of carbonyl (C=O) groups excluding carboxylic acids is 1. The maximum atomic E-state index is 13.6. The topological polar surface area (TPSA) is 32.8 Å². The Hall–Kier alpha value is -2.66. The lowest BCUT2D eigenvalue weighted by Gasteiger charge is -2.34. The van der Waals surface area contributed by atoms with Crippen LogP contribution in [0.15, 0.2) is 48.5 Å². The number of carbonyl (C=O) groups is 1. The van der Waals surface area contributed by atoms with Gasteiger partial charge in [-0.05, 0) is 29.3 Å². The first-order valence-electron chi connectivity index (χ1n) is 9.37. The Bertz CT molecular complexity index is 857. The first-order valence-corrected chi connectivity index (χ1v) is 9.37. The lowest BCUT2D eigenvalue weighted by Crippen LogP contribution is -2.47. The minimum Gasteiger partial charge on any atom is -0.493 e. The number of benzene rings is 2. The lowest BCUT2D eigenvalue weighted by molar-refractivity contribution is -0.127. The van der Waals surface area contributed by atoms with Crippen molar-refractivity contribution in [3.63, 3.8) is 0 Å². The first kappa shape index (κ1) is 17.7. The molecule has 2 aliphatic rings. The summed E-state index contributed by atoms with van der Waals surface area (Å²) < 4.78 is 19.2. The molecule has 2 aromatic rings. The Morgan fingerprint density at radius 3 is 2.74 bits per heavy atom. The van der Waals surface area contributed by atoms with Gasteiger partial charge in [0.1, 0.15) is 11.6 Å². The van der Waals surface area contributed by atoms with Crippen LogP contribution in [-0.2, 0) is 17.8 Å². The summed E-state index contributed by atoms with van der Waals surface area (Å²) in [6.45, 7) is 4.73. The van der Waals surface area contributed by atoms with E-state index in [0.717, 1.165) is 38.4 Å². The van der Waals surface area contributed by atoms with Gasteiger partial charge in [-0.2, -0.15) is 0 Å². The van der Waals surface area contributed by atoms with Crippen LogP contribution in [0.3, 0.4) is 0 Å². The average Bonchev–Trinajstić information content (AvgIpc) is 3.15. The molecule has 5 heteroatoms. The molecule has 1 amide bonds. The van der Waals surface area contributed by atoms with E-state index in [9.17, 15) is 9.18 Å². The van der Waals surface area contributed by atoms with E-state index in [-0.39, 0.29) is 11.7 Å². The van der Waals surface area contributed by atoms with Crippen LogP contribution in [0.5, 0.6) is 5.75 Å². The molecule has 4 nitrogen and oxygen atoms in total. The zero-order valence-electron chi connectivity index (χ0n) is 15.2. The zero-order valence-corrected chi connectivity index (χ0v) is 15.2. The molecular formula is C22H23FN2O2. The molecular weight excluding hydrogens is 343 g/mol. The molecule has 0 radical (unpaired) electrons. The maximum absolute atomic E-state index is 13.6. The van der Waals surface area contributed by atoms with E-state index in [4.69, 9.17) is 4.74 Å². The Balaban J connectivity index is 1.29. The third kappa shape index (κ3) is 4.19. The third-order valence-corrected chi connectivity index (χ3v) is 5.15. The van der Waals surface area contributed by atoms with Gasteiger partial charge < -0.3 is 9.64 Å². The molecule has 0 unspecified atom stereocenters. The van der Waals surface area contributed by atoms with Gasteiger partial charge in [-0.25, -0.2) is 4.39 Å². The van der Waals surface area contributed by atoms with E-state index in [1.54, 1.807) is 24.3 Å². The highest BCUT2D eigenvalue weighted by molar-refractivity contribution is 5.91. The highest BCUT2D eigenvalue weighted by Crippen LogP contribution is 2.26. The summed E-state index contributed by atoms with van der Waals surface area (Å²) in [5, 5.41) is 0. The second-order valence-electron chi connectivity index (χ2n) is 7.00. The highest BCUT2D eigenvalue weighted by atomic mass is 19.1. The number of hydrogen-bond donors (Lipinski definition) is 0. The van der Waals surface area contributed by atoms with Crippen LogP contribution in [0.4, 0.5) is 4.39 Å². The SMILES string of the molecule is O=C(/C=C/c1ccccc1F)N1CCN(Cc2ccc3c(c2)CCO3)CC1. The number of rotatable bonds is 4. The fourth-order valence-electron chi connectivity index (χ4n) is 3.60. The Kier molecular flexibility index (Phi) is 5.21. The largest absolute Gasteiger partial charge is 0.493 e. The van der Waals surface area contributed by atoms with E-state index in [1.807, 2.05) is 4.90 Å². The maximum Gasteiger partial charge on any atom is 0.246 e. The van der Waals surface area contributed by atoms with Crippen LogP contribution >= 0.6 is 0 Å². The van der Waals surface area contributed by atoms with Gasteiger partial charge in [0, 0.05) is 50.8 Å². The van der Waals surface area contributed by atoms with Gasteiger partial charge >= 0.3 is 0 Å². The van der Waals surface area contributed by atoms with Gasteiger partial charge in [-0.3, -0.25) is 9.69 Å². The fraction of sp³-hybridized carbons (Fsp3) is 0.318. The Morgan fingerprint density at radius 2 is 1.93 bits per heavy atom. The molecule has 2 heterocycles. The van der Waals surface area contributed by atoms with Crippen LogP contribution < -0.4 is 4.74 Å². The number of amides is 1. The molecule has 0 saturated carbocycles. The van der Waals surface area contributed by atoms with Crippen molar-refractivity contribution in [1.82, 2.24) is 9.80 Å². The molecule has 0 spiro atoms. The molecule has 2 aliphatic heterocycles. The average molecular weight is 366 g/mol. The van der Waals surface area contributed by atoms with Gasteiger partial charge in [0.15, 0.2) is 0 Å². The Labute approximate surface area is 158 Å². The Morgan fingerprint density at radius 1 is 1.11 bits per heavy atom. The molecule has 27 heavy (non-hydrogen) atoms. The summed E-state index contributed by atoms with van der Waals surface area (Å²) in [4.78, 5) is 16.5. The summed E-state index contributed by atoms with van der Waals surface area (Å²) in [6, 6.07) is 12.9. The first-order chi connectivity index (χ1) is 13.2.